The second-order valence-electron chi connectivity index (χ2n) is 4.16. The lowest BCUT2D eigenvalue weighted by Crippen LogP contribution is -2.42. The van der Waals surface area contributed by atoms with Gasteiger partial charge in [0.1, 0.15) is 0 Å². The van der Waals surface area contributed by atoms with E-state index < -0.39 is 11.9 Å². The maximum Gasteiger partial charge on any atom is 0.308 e. The lowest BCUT2D eigenvalue weighted by molar-refractivity contribution is -0.143. The molecule has 0 spiro atoms. The van der Waals surface area contributed by atoms with Crippen LogP contribution in [0.15, 0.2) is 24.5 Å². The zero-order chi connectivity index (χ0) is 12.3. The van der Waals surface area contributed by atoms with Gasteiger partial charge in [-0.3, -0.25) is 14.6 Å². The molecular weight excluding hydrogens is 220 g/mol. The molecule has 1 aliphatic rings. The molecule has 1 aromatic rings. The van der Waals surface area contributed by atoms with Gasteiger partial charge in [0.25, 0.3) is 5.91 Å². The van der Waals surface area contributed by atoms with Crippen molar-refractivity contribution in [3.63, 3.8) is 0 Å². The summed E-state index contributed by atoms with van der Waals surface area (Å²) in [6, 6.07) is 3.29. The van der Waals surface area contributed by atoms with Crippen LogP contribution in [-0.4, -0.2) is 40.0 Å². The van der Waals surface area contributed by atoms with Gasteiger partial charge in [-0.15, -0.1) is 0 Å². The highest BCUT2D eigenvalue weighted by Gasteiger charge is 2.28. The highest BCUT2D eigenvalue weighted by molar-refractivity contribution is 5.94. The van der Waals surface area contributed by atoms with Gasteiger partial charge in [0.15, 0.2) is 0 Å². The predicted octanol–water partition coefficient (Wildman–Crippen LogP) is 1.02. The summed E-state index contributed by atoms with van der Waals surface area (Å²) < 4.78 is 0. The normalized spacial score (nSPS) is 20.0. The van der Waals surface area contributed by atoms with Crippen LogP contribution in [0, 0.1) is 5.92 Å². The highest BCUT2D eigenvalue weighted by Crippen LogP contribution is 2.18. The summed E-state index contributed by atoms with van der Waals surface area (Å²) >= 11 is 0. The van der Waals surface area contributed by atoms with Crippen molar-refractivity contribution in [1.82, 2.24) is 9.88 Å². The van der Waals surface area contributed by atoms with Crippen molar-refractivity contribution >= 4 is 11.9 Å². The lowest BCUT2D eigenvalue weighted by atomic mass is 9.98. The number of hydrogen-bond donors (Lipinski definition) is 1. The molecule has 5 heteroatoms. The summed E-state index contributed by atoms with van der Waals surface area (Å²) in [5.74, 6) is -1.37. The molecule has 17 heavy (non-hydrogen) atoms. The Hall–Kier alpha value is -1.91. The van der Waals surface area contributed by atoms with Crippen molar-refractivity contribution in [2.24, 2.45) is 5.92 Å². The molecule has 2 rings (SSSR count). The van der Waals surface area contributed by atoms with E-state index in [2.05, 4.69) is 4.98 Å². The molecule has 1 amide bonds. The van der Waals surface area contributed by atoms with Gasteiger partial charge in [-0.2, -0.15) is 0 Å². The first-order valence-electron chi connectivity index (χ1n) is 5.60. The van der Waals surface area contributed by atoms with Crippen LogP contribution >= 0.6 is 0 Å². The second-order valence-corrected chi connectivity index (χ2v) is 4.16. The van der Waals surface area contributed by atoms with Crippen LogP contribution in [0.2, 0.25) is 0 Å². The van der Waals surface area contributed by atoms with E-state index in [0.29, 0.717) is 25.1 Å². The Morgan fingerprint density at radius 3 is 2.71 bits per heavy atom. The van der Waals surface area contributed by atoms with Crippen molar-refractivity contribution in [1.29, 1.82) is 0 Å². The summed E-state index contributed by atoms with van der Waals surface area (Å²) in [4.78, 5) is 28.4. The maximum atomic E-state index is 12.1. The van der Waals surface area contributed by atoms with Gasteiger partial charge in [-0.25, -0.2) is 0 Å². The van der Waals surface area contributed by atoms with Gasteiger partial charge in [0, 0.05) is 31.0 Å². The number of piperidine rings is 1. The molecule has 0 aromatic carbocycles. The number of carbonyl (C=O) groups is 2. The van der Waals surface area contributed by atoms with Crippen LogP contribution in [0.25, 0.3) is 0 Å². The molecule has 0 bridgehead atoms. The lowest BCUT2D eigenvalue weighted by Gasteiger charge is -2.30. The molecule has 1 aliphatic heterocycles. The van der Waals surface area contributed by atoms with Crippen molar-refractivity contribution in [3.05, 3.63) is 30.1 Å². The molecule has 0 aliphatic carbocycles. The third kappa shape index (κ3) is 2.61. The van der Waals surface area contributed by atoms with Crippen molar-refractivity contribution < 1.29 is 14.7 Å². The fourth-order valence-electron chi connectivity index (χ4n) is 2.04. The average molecular weight is 234 g/mol. The number of likely N-dealkylation sites (tertiary alicyclic amines) is 1. The van der Waals surface area contributed by atoms with Crippen molar-refractivity contribution in [3.8, 4) is 0 Å². The molecule has 1 saturated heterocycles. The number of carboxylic acid groups (broad SMARTS) is 1. The van der Waals surface area contributed by atoms with Crippen LogP contribution in [0.5, 0.6) is 0 Å². The SMILES string of the molecule is O=C(O)C1CCCN(C(=O)c2ccncc2)C1. The van der Waals surface area contributed by atoms with E-state index >= 15 is 0 Å². The number of amides is 1. The number of hydrogen-bond acceptors (Lipinski definition) is 3. The number of pyridine rings is 1. The quantitative estimate of drug-likeness (QED) is 0.829. The molecule has 2 heterocycles. The number of nitrogens with zero attached hydrogens (tertiary/aromatic N) is 2. The Morgan fingerprint density at radius 1 is 1.35 bits per heavy atom. The Kier molecular flexibility index (Phi) is 3.37. The van der Waals surface area contributed by atoms with Crippen molar-refractivity contribution in [2.75, 3.05) is 13.1 Å². The van der Waals surface area contributed by atoms with Crippen LogP contribution in [-0.2, 0) is 4.79 Å². The first-order valence-corrected chi connectivity index (χ1v) is 5.60. The summed E-state index contributed by atoms with van der Waals surface area (Å²) in [6.07, 6.45) is 4.51. The first kappa shape index (κ1) is 11.6. The van der Waals surface area contributed by atoms with Crippen molar-refractivity contribution in [2.45, 2.75) is 12.8 Å². The second kappa shape index (κ2) is 4.95. The van der Waals surface area contributed by atoms with Gasteiger partial charge in [0.2, 0.25) is 0 Å². The van der Waals surface area contributed by atoms with E-state index in [9.17, 15) is 9.59 Å². The van der Waals surface area contributed by atoms with Crippen LogP contribution in [0.1, 0.15) is 23.2 Å². The monoisotopic (exact) mass is 234 g/mol. The number of aromatic nitrogens is 1. The molecule has 90 valence electrons. The Balaban J connectivity index is 2.07. The standard InChI is InChI=1S/C12H14N2O3/c15-11(9-3-5-13-6-4-9)14-7-1-2-10(8-14)12(16)17/h3-6,10H,1-2,7-8H2,(H,16,17). The summed E-state index contributed by atoms with van der Waals surface area (Å²) in [5, 5.41) is 8.96. The van der Waals surface area contributed by atoms with Gasteiger partial charge in [-0.1, -0.05) is 0 Å². The number of aliphatic carboxylic acids is 1. The van der Waals surface area contributed by atoms with E-state index in [4.69, 9.17) is 5.11 Å². The predicted molar refractivity (Wildman–Crippen MR) is 60.5 cm³/mol. The van der Waals surface area contributed by atoms with Crippen LogP contribution < -0.4 is 0 Å². The smallest absolute Gasteiger partial charge is 0.308 e. The highest BCUT2D eigenvalue weighted by atomic mass is 16.4. The third-order valence-corrected chi connectivity index (χ3v) is 2.99. The minimum absolute atomic E-state index is 0.113. The zero-order valence-corrected chi connectivity index (χ0v) is 9.37. The molecule has 5 nitrogen and oxygen atoms in total. The summed E-state index contributed by atoms with van der Waals surface area (Å²) in [7, 11) is 0. The number of rotatable bonds is 2. The zero-order valence-electron chi connectivity index (χ0n) is 9.37. The van der Waals surface area contributed by atoms with Gasteiger partial charge >= 0.3 is 5.97 Å². The fourth-order valence-corrected chi connectivity index (χ4v) is 2.04. The number of carboxylic acids is 1. The molecule has 1 aromatic heterocycles. The van der Waals surface area contributed by atoms with Gasteiger partial charge in [0.05, 0.1) is 5.92 Å². The van der Waals surface area contributed by atoms with E-state index in [1.54, 1.807) is 29.4 Å². The van der Waals surface area contributed by atoms with Gasteiger partial charge < -0.3 is 10.0 Å². The molecule has 1 fully saturated rings. The van der Waals surface area contributed by atoms with E-state index in [-0.39, 0.29) is 5.91 Å². The minimum atomic E-state index is -0.822. The maximum absolute atomic E-state index is 12.1. The molecule has 1 N–H and O–H groups in total. The molecule has 1 unspecified atom stereocenters. The summed E-state index contributed by atoms with van der Waals surface area (Å²) in [6.45, 7) is 0.932. The fraction of sp³-hybridized carbons (Fsp3) is 0.417. The summed E-state index contributed by atoms with van der Waals surface area (Å²) in [5.41, 5.74) is 0.561. The third-order valence-electron chi connectivity index (χ3n) is 2.99. The van der Waals surface area contributed by atoms with E-state index in [1.165, 1.54) is 0 Å². The molecule has 0 radical (unpaired) electrons. The molecular formula is C12H14N2O3. The van der Waals surface area contributed by atoms with Gasteiger partial charge in [-0.05, 0) is 25.0 Å². The molecule has 0 saturated carbocycles. The minimum Gasteiger partial charge on any atom is -0.481 e. The Labute approximate surface area is 99.1 Å². The first-order chi connectivity index (χ1) is 8.18. The molecule has 1 atom stereocenters. The van der Waals surface area contributed by atoms with E-state index in [1.807, 2.05) is 0 Å². The Bertz CT molecular complexity index is 419. The topological polar surface area (TPSA) is 70.5 Å². The average Bonchev–Trinajstić information content (AvgIpc) is 2.39. The van der Waals surface area contributed by atoms with E-state index in [0.717, 1.165) is 6.42 Å². The number of carbonyl (C=O) groups excluding carboxylic acids is 1. The van der Waals surface area contributed by atoms with Crippen LogP contribution in [0.3, 0.4) is 0 Å². The Morgan fingerprint density at radius 2 is 2.06 bits per heavy atom. The largest absolute Gasteiger partial charge is 0.481 e. The van der Waals surface area contributed by atoms with Crippen LogP contribution in [0.4, 0.5) is 0 Å².